The molecule has 5 nitrogen and oxygen atoms in total. The lowest BCUT2D eigenvalue weighted by Gasteiger charge is -2.31. The number of nitrogens with one attached hydrogen (secondary N) is 1. The summed E-state index contributed by atoms with van der Waals surface area (Å²) in [5.74, 6) is 0. The number of hydrogen-bond donors (Lipinski definition) is 1. The molecule has 19 heavy (non-hydrogen) atoms. The van der Waals surface area contributed by atoms with Crippen LogP contribution in [0.15, 0.2) is 23.4 Å². The van der Waals surface area contributed by atoms with Gasteiger partial charge in [-0.25, -0.2) is 4.79 Å². The first-order valence-electron chi connectivity index (χ1n) is 6.37. The minimum Gasteiger partial charge on any atom is -0.444 e. The summed E-state index contributed by atoms with van der Waals surface area (Å²) in [6.45, 7) is 6.60. The second-order valence-electron chi connectivity index (χ2n) is 5.40. The maximum absolute atomic E-state index is 12.0. The zero-order chi connectivity index (χ0) is 14.5. The zero-order valence-corrected chi connectivity index (χ0v) is 12.0. The summed E-state index contributed by atoms with van der Waals surface area (Å²) < 4.78 is 5.35. The molecule has 0 radical (unpaired) electrons. The Hall–Kier alpha value is -1.78. The third-order valence-corrected chi connectivity index (χ3v) is 2.71. The van der Waals surface area contributed by atoms with Crippen molar-refractivity contribution in [1.29, 1.82) is 0 Å². The highest BCUT2D eigenvalue weighted by atomic mass is 16.6. The summed E-state index contributed by atoms with van der Waals surface area (Å²) in [6.07, 6.45) is 4.31. The Balaban J connectivity index is 2.77. The number of carbonyl (C=O) groups excluding carboxylic acids is 2. The van der Waals surface area contributed by atoms with E-state index in [-0.39, 0.29) is 6.09 Å². The van der Waals surface area contributed by atoms with Crippen molar-refractivity contribution in [2.45, 2.75) is 32.8 Å². The minimum atomic E-state index is -0.497. The fourth-order valence-electron chi connectivity index (χ4n) is 1.86. The van der Waals surface area contributed by atoms with Crippen LogP contribution in [0.1, 0.15) is 27.2 Å². The standard InChI is InChI=1S/C14H22N2O3/c1-14(2,3)19-13(18)16-8-7-12(15-4)11(10-16)6-5-9-17/h5-6,9,15H,7-8,10H2,1-4H3/b6-5-. The molecule has 0 bridgehead atoms. The van der Waals surface area contributed by atoms with E-state index in [1.165, 1.54) is 6.08 Å². The predicted octanol–water partition coefficient (Wildman–Crippen LogP) is 1.86. The molecule has 1 aliphatic rings. The summed E-state index contributed by atoms with van der Waals surface area (Å²) >= 11 is 0. The first-order chi connectivity index (χ1) is 8.87. The molecule has 0 aromatic carbocycles. The van der Waals surface area contributed by atoms with Gasteiger partial charge in [0.25, 0.3) is 0 Å². The van der Waals surface area contributed by atoms with E-state index in [0.29, 0.717) is 13.1 Å². The van der Waals surface area contributed by atoms with Crippen molar-refractivity contribution in [2.75, 3.05) is 20.1 Å². The summed E-state index contributed by atoms with van der Waals surface area (Å²) in [5, 5.41) is 3.10. The Labute approximate surface area is 114 Å². The van der Waals surface area contributed by atoms with Gasteiger partial charge >= 0.3 is 6.09 Å². The first kappa shape index (κ1) is 15.3. The molecule has 1 rings (SSSR count). The summed E-state index contributed by atoms with van der Waals surface area (Å²) in [5.41, 5.74) is 1.49. The molecule has 0 spiro atoms. The topological polar surface area (TPSA) is 58.6 Å². The summed E-state index contributed by atoms with van der Waals surface area (Å²) in [4.78, 5) is 24.1. The Bertz CT molecular complexity index is 405. The number of amides is 1. The van der Waals surface area contributed by atoms with Crippen LogP contribution in [0.5, 0.6) is 0 Å². The van der Waals surface area contributed by atoms with Crippen LogP contribution in [0.25, 0.3) is 0 Å². The van der Waals surface area contributed by atoms with Crippen LogP contribution >= 0.6 is 0 Å². The number of hydrogen-bond acceptors (Lipinski definition) is 4. The quantitative estimate of drug-likeness (QED) is 0.625. The van der Waals surface area contributed by atoms with Crippen molar-refractivity contribution in [3.05, 3.63) is 23.4 Å². The van der Waals surface area contributed by atoms with E-state index in [1.807, 2.05) is 27.8 Å². The number of nitrogens with zero attached hydrogens (tertiary/aromatic N) is 1. The Morgan fingerprint density at radius 2 is 2.11 bits per heavy atom. The van der Waals surface area contributed by atoms with E-state index in [2.05, 4.69) is 5.32 Å². The smallest absolute Gasteiger partial charge is 0.410 e. The van der Waals surface area contributed by atoms with Crippen molar-refractivity contribution in [3.63, 3.8) is 0 Å². The monoisotopic (exact) mass is 266 g/mol. The SMILES string of the molecule is CNC1=C(/C=C\C=O)CN(C(=O)OC(C)(C)C)CC1. The van der Waals surface area contributed by atoms with Crippen LogP contribution in [0.2, 0.25) is 0 Å². The van der Waals surface area contributed by atoms with E-state index in [4.69, 9.17) is 4.74 Å². The van der Waals surface area contributed by atoms with Gasteiger partial charge in [0.05, 0.1) is 6.54 Å². The third kappa shape index (κ3) is 4.77. The number of carbonyl (C=O) groups is 2. The van der Waals surface area contributed by atoms with Crippen molar-refractivity contribution in [3.8, 4) is 0 Å². The molecule has 0 aromatic rings. The Morgan fingerprint density at radius 3 is 2.63 bits per heavy atom. The van der Waals surface area contributed by atoms with Gasteiger partial charge in [-0.15, -0.1) is 0 Å². The molecule has 1 aliphatic heterocycles. The van der Waals surface area contributed by atoms with E-state index in [1.54, 1.807) is 11.0 Å². The highest BCUT2D eigenvalue weighted by molar-refractivity contribution is 5.70. The fourth-order valence-corrected chi connectivity index (χ4v) is 1.86. The van der Waals surface area contributed by atoms with Crippen molar-refractivity contribution in [1.82, 2.24) is 10.2 Å². The zero-order valence-electron chi connectivity index (χ0n) is 12.0. The van der Waals surface area contributed by atoms with E-state index in [9.17, 15) is 9.59 Å². The first-order valence-corrected chi connectivity index (χ1v) is 6.37. The molecule has 1 heterocycles. The van der Waals surface area contributed by atoms with Gasteiger partial charge in [-0.2, -0.15) is 0 Å². The van der Waals surface area contributed by atoms with Crippen LogP contribution in [-0.4, -0.2) is 43.0 Å². The molecule has 1 amide bonds. The number of rotatable bonds is 3. The second-order valence-corrected chi connectivity index (χ2v) is 5.40. The third-order valence-electron chi connectivity index (χ3n) is 2.71. The maximum Gasteiger partial charge on any atom is 0.410 e. The lowest BCUT2D eigenvalue weighted by atomic mass is 10.1. The van der Waals surface area contributed by atoms with Gasteiger partial charge in [0.15, 0.2) is 0 Å². The van der Waals surface area contributed by atoms with Gasteiger partial charge in [-0.05, 0) is 32.4 Å². The molecule has 0 aliphatic carbocycles. The van der Waals surface area contributed by atoms with Gasteiger partial charge < -0.3 is 15.0 Å². The normalized spacial score (nSPS) is 16.7. The highest BCUT2D eigenvalue weighted by Crippen LogP contribution is 2.19. The van der Waals surface area contributed by atoms with Crippen LogP contribution in [0.3, 0.4) is 0 Å². The summed E-state index contributed by atoms with van der Waals surface area (Å²) in [7, 11) is 1.84. The lowest BCUT2D eigenvalue weighted by molar-refractivity contribution is -0.104. The van der Waals surface area contributed by atoms with Gasteiger partial charge in [0.1, 0.15) is 11.9 Å². The number of ether oxygens (including phenoxy) is 1. The van der Waals surface area contributed by atoms with Gasteiger partial charge in [0.2, 0.25) is 0 Å². The van der Waals surface area contributed by atoms with Crippen LogP contribution in [0, 0.1) is 0 Å². The van der Waals surface area contributed by atoms with Gasteiger partial charge in [0, 0.05) is 25.7 Å². The Kier molecular flexibility index (Phi) is 5.15. The van der Waals surface area contributed by atoms with Crippen molar-refractivity contribution >= 4 is 12.4 Å². The molecule has 0 aromatic heterocycles. The van der Waals surface area contributed by atoms with Crippen molar-refractivity contribution in [2.24, 2.45) is 0 Å². The van der Waals surface area contributed by atoms with Gasteiger partial charge in [-0.3, -0.25) is 4.79 Å². The lowest BCUT2D eigenvalue weighted by Crippen LogP contribution is -2.41. The average molecular weight is 266 g/mol. The summed E-state index contributed by atoms with van der Waals surface area (Å²) in [6, 6.07) is 0. The predicted molar refractivity (Wildman–Crippen MR) is 73.7 cm³/mol. The van der Waals surface area contributed by atoms with Crippen LogP contribution in [-0.2, 0) is 9.53 Å². The van der Waals surface area contributed by atoms with Gasteiger partial charge in [-0.1, -0.05) is 6.08 Å². The van der Waals surface area contributed by atoms with E-state index >= 15 is 0 Å². The molecule has 0 unspecified atom stereocenters. The van der Waals surface area contributed by atoms with Crippen molar-refractivity contribution < 1.29 is 14.3 Å². The number of allylic oxidation sites excluding steroid dienone is 1. The largest absolute Gasteiger partial charge is 0.444 e. The molecule has 0 fully saturated rings. The highest BCUT2D eigenvalue weighted by Gasteiger charge is 2.25. The minimum absolute atomic E-state index is 0.320. The number of aldehydes is 1. The molecule has 0 saturated heterocycles. The molecular formula is C14H22N2O3. The van der Waals surface area contributed by atoms with Crippen LogP contribution < -0.4 is 5.32 Å². The van der Waals surface area contributed by atoms with Crippen LogP contribution in [0.4, 0.5) is 4.79 Å². The molecule has 106 valence electrons. The van der Waals surface area contributed by atoms with E-state index in [0.717, 1.165) is 24.0 Å². The average Bonchev–Trinajstić information content (AvgIpc) is 2.33. The fraction of sp³-hybridized carbons (Fsp3) is 0.571. The molecule has 5 heteroatoms. The van der Waals surface area contributed by atoms with E-state index < -0.39 is 5.60 Å². The maximum atomic E-state index is 12.0. The molecular weight excluding hydrogens is 244 g/mol. The molecule has 0 atom stereocenters. The Morgan fingerprint density at radius 1 is 1.42 bits per heavy atom. The molecule has 1 N–H and O–H groups in total. The second kappa shape index (κ2) is 6.41. The molecule has 0 saturated carbocycles.